The van der Waals surface area contributed by atoms with E-state index in [2.05, 4.69) is 35.2 Å². The van der Waals surface area contributed by atoms with E-state index in [0.717, 1.165) is 5.92 Å². The highest BCUT2D eigenvalue weighted by Gasteiger charge is 2.18. The molecule has 1 heterocycles. The minimum Gasteiger partial charge on any atom is -1.00 e. The molecular formula is C11H16ClN. The summed E-state index contributed by atoms with van der Waals surface area (Å²) in [4.78, 5) is 0. The van der Waals surface area contributed by atoms with Crippen molar-refractivity contribution in [2.45, 2.75) is 32.2 Å². The van der Waals surface area contributed by atoms with Gasteiger partial charge in [0.1, 0.15) is 0 Å². The molecule has 0 amide bonds. The molecule has 2 heteroatoms. The molecule has 1 aliphatic carbocycles. The van der Waals surface area contributed by atoms with Crippen LogP contribution in [0.15, 0.2) is 30.6 Å². The number of hydrogen-bond donors (Lipinski definition) is 0. The number of aromatic nitrogens is 1. The van der Waals surface area contributed by atoms with E-state index in [-0.39, 0.29) is 12.4 Å². The molecule has 0 radical (unpaired) electrons. The Morgan fingerprint density at radius 1 is 1.00 bits per heavy atom. The first kappa shape index (κ1) is 10.5. The van der Waals surface area contributed by atoms with E-state index < -0.39 is 0 Å². The predicted molar refractivity (Wildman–Crippen MR) is 48.6 cm³/mol. The van der Waals surface area contributed by atoms with Crippen molar-refractivity contribution in [3.8, 4) is 0 Å². The van der Waals surface area contributed by atoms with Gasteiger partial charge in [-0.25, -0.2) is 4.57 Å². The third-order valence-electron chi connectivity index (χ3n) is 2.72. The minimum atomic E-state index is 0. The first-order valence-electron chi connectivity index (χ1n) is 4.89. The van der Waals surface area contributed by atoms with Gasteiger partial charge < -0.3 is 12.4 Å². The lowest BCUT2D eigenvalue weighted by Crippen LogP contribution is -3.00. The van der Waals surface area contributed by atoms with Crippen LogP contribution in [-0.4, -0.2) is 0 Å². The van der Waals surface area contributed by atoms with E-state index in [1.54, 1.807) is 0 Å². The Bertz CT molecular complexity index is 229. The molecule has 0 atom stereocenters. The SMILES string of the molecule is [Cl-].c1cc[n+](CC2CCCC2)cc1. The Morgan fingerprint density at radius 2 is 1.62 bits per heavy atom. The number of nitrogens with zero attached hydrogens (tertiary/aromatic N) is 1. The van der Waals surface area contributed by atoms with Crippen molar-refractivity contribution in [1.82, 2.24) is 0 Å². The molecule has 0 bridgehead atoms. The lowest BCUT2D eigenvalue weighted by Gasteiger charge is -2.02. The summed E-state index contributed by atoms with van der Waals surface area (Å²) < 4.78 is 2.30. The van der Waals surface area contributed by atoms with E-state index in [9.17, 15) is 0 Å². The molecule has 0 unspecified atom stereocenters. The van der Waals surface area contributed by atoms with Gasteiger partial charge in [-0.3, -0.25) is 0 Å². The van der Waals surface area contributed by atoms with E-state index in [1.165, 1.54) is 32.2 Å². The molecule has 13 heavy (non-hydrogen) atoms. The molecule has 0 spiro atoms. The Hall–Kier alpha value is -0.560. The van der Waals surface area contributed by atoms with Crippen molar-refractivity contribution in [1.29, 1.82) is 0 Å². The van der Waals surface area contributed by atoms with E-state index in [0.29, 0.717) is 0 Å². The molecule has 1 aliphatic rings. The minimum absolute atomic E-state index is 0. The standard InChI is InChI=1S/C11H16N.ClH/c1-4-8-12(9-5-1)10-11-6-2-3-7-11;/h1,4-5,8-9,11H,2-3,6-7,10H2;1H/q+1;/p-1. The highest BCUT2D eigenvalue weighted by atomic mass is 35.5. The summed E-state index contributed by atoms with van der Waals surface area (Å²) in [7, 11) is 0. The van der Waals surface area contributed by atoms with Crippen LogP contribution in [0.1, 0.15) is 25.7 Å². The van der Waals surface area contributed by atoms with Gasteiger partial charge in [0.25, 0.3) is 0 Å². The molecule has 0 N–H and O–H groups in total. The van der Waals surface area contributed by atoms with Gasteiger partial charge in [0, 0.05) is 18.1 Å². The third-order valence-corrected chi connectivity index (χ3v) is 2.72. The van der Waals surface area contributed by atoms with Crippen LogP contribution >= 0.6 is 0 Å². The van der Waals surface area contributed by atoms with Crippen molar-refractivity contribution >= 4 is 0 Å². The van der Waals surface area contributed by atoms with Crippen LogP contribution in [0.4, 0.5) is 0 Å². The van der Waals surface area contributed by atoms with Crippen LogP contribution in [0.3, 0.4) is 0 Å². The zero-order chi connectivity index (χ0) is 8.23. The molecule has 2 rings (SSSR count). The van der Waals surface area contributed by atoms with Crippen LogP contribution in [0.2, 0.25) is 0 Å². The maximum absolute atomic E-state index is 2.30. The fourth-order valence-corrected chi connectivity index (χ4v) is 2.05. The second-order valence-corrected chi connectivity index (χ2v) is 3.72. The Labute approximate surface area is 86.2 Å². The van der Waals surface area contributed by atoms with Crippen LogP contribution < -0.4 is 17.0 Å². The predicted octanol–water partition coefficient (Wildman–Crippen LogP) is -0.832. The summed E-state index contributed by atoms with van der Waals surface area (Å²) in [5, 5.41) is 0. The largest absolute Gasteiger partial charge is 1.00 e. The highest BCUT2D eigenvalue weighted by Crippen LogP contribution is 2.24. The van der Waals surface area contributed by atoms with Crippen molar-refractivity contribution in [2.75, 3.05) is 0 Å². The summed E-state index contributed by atoms with van der Waals surface area (Å²) in [5.41, 5.74) is 0. The quantitative estimate of drug-likeness (QED) is 0.545. The van der Waals surface area contributed by atoms with Gasteiger partial charge in [-0.05, 0) is 12.8 Å². The molecule has 1 aromatic rings. The molecular weight excluding hydrogens is 182 g/mol. The van der Waals surface area contributed by atoms with Crippen molar-refractivity contribution < 1.29 is 17.0 Å². The lowest BCUT2D eigenvalue weighted by molar-refractivity contribution is -0.703. The molecule has 1 nitrogen and oxygen atoms in total. The van der Waals surface area contributed by atoms with Crippen LogP contribution in [-0.2, 0) is 6.54 Å². The van der Waals surface area contributed by atoms with Gasteiger partial charge in [-0.2, -0.15) is 0 Å². The van der Waals surface area contributed by atoms with Crippen LogP contribution in [0.5, 0.6) is 0 Å². The van der Waals surface area contributed by atoms with Gasteiger partial charge in [-0.15, -0.1) is 0 Å². The number of rotatable bonds is 2. The van der Waals surface area contributed by atoms with Crippen molar-refractivity contribution in [3.63, 3.8) is 0 Å². The maximum Gasteiger partial charge on any atom is 0.168 e. The topological polar surface area (TPSA) is 3.88 Å². The number of halogens is 1. The average molecular weight is 198 g/mol. The first-order valence-corrected chi connectivity index (χ1v) is 4.89. The molecule has 0 aliphatic heterocycles. The normalized spacial score (nSPS) is 16.9. The fourth-order valence-electron chi connectivity index (χ4n) is 2.05. The Kier molecular flexibility index (Phi) is 4.23. The monoisotopic (exact) mass is 197 g/mol. The fraction of sp³-hybridized carbons (Fsp3) is 0.545. The first-order chi connectivity index (χ1) is 5.95. The van der Waals surface area contributed by atoms with Gasteiger partial charge >= 0.3 is 0 Å². The summed E-state index contributed by atoms with van der Waals surface area (Å²) in [5.74, 6) is 0.942. The maximum atomic E-state index is 2.30. The van der Waals surface area contributed by atoms with Gasteiger partial charge in [-0.1, -0.05) is 18.9 Å². The Balaban J connectivity index is 0.000000845. The van der Waals surface area contributed by atoms with Crippen molar-refractivity contribution in [3.05, 3.63) is 30.6 Å². The molecule has 0 saturated heterocycles. The molecule has 0 aromatic carbocycles. The highest BCUT2D eigenvalue weighted by molar-refractivity contribution is 4.83. The molecule has 1 fully saturated rings. The summed E-state index contributed by atoms with van der Waals surface area (Å²) >= 11 is 0. The Morgan fingerprint density at radius 3 is 2.23 bits per heavy atom. The molecule has 1 saturated carbocycles. The average Bonchev–Trinajstić information content (AvgIpc) is 2.59. The lowest BCUT2D eigenvalue weighted by atomic mass is 10.1. The van der Waals surface area contributed by atoms with Crippen LogP contribution in [0.25, 0.3) is 0 Å². The van der Waals surface area contributed by atoms with Crippen LogP contribution in [0, 0.1) is 5.92 Å². The third kappa shape index (κ3) is 3.00. The molecule has 1 aromatic heterocycles. The number of hydrogen-bond acceptors (Lipinski definition) is 0. The zero-order valence-electron chi connectivity index (χ0n) is 7.82. The van der Waals surface area contributed by atoms with E-state index in [1.807, 2.05) is 0 Å². The second kappa shape index (κ2) is 5.23. The molecule has 72 valence electrons. The summed E-state index contributed by atoms with van der Waals surface area (Å²) in [6, 6.07) is 6.29. The van der Waals surface area contributed by atoms with E-state index >= 15 is 0 Å². The zero-order valence-corrected chi connectivity index (χ0v) is 8.58. The summed E-state index contributed by atoms with van der Waals surface area (Å²) in [6.07, 6.45) is 10.1. The smallest absolute Gasteiger partial charge is 0.168 e. The number of pyridine rings is 1. The van der Waals surface area contributed by atoms with Gasteiger partial charge in [0.2, 0.25) is 0 Å². The van der Waals surface area contributed by atoms with Gasteiger partial charge in [0.15, 0.2) is 18.9 Å². The van der Waals surface area contributed by atoms with Gasteiger partial charge in [0.05, 0.1) is 0 Å². The summed E-state index contributed by atoms with van der Waals surface area (Å²) in [6.45, 7) is 1.22. The second-order valence-electron chi connectivity index (χ2n) is 3.72. The van der Waals surface area contributed by atoms with E-state index in [4.69, 9.17) is 0 Å². The van der Waals surface area contributed by atoms with Crippen molar-refractivity contribution in [2.24, 2.45) is 5.92 Å².